The summed E-state index contributed by atoms with van der Waals surface area (Å²) >= 11 is 3.65. The van der Waals surface area contributed by atoms with Gasteiger partial charge in [-0.1, -0.05) is 6.07 Å². The normalized spacial score (nSPS) is 16.7. The smallest absolute Gasteiger partial charge is 0.115 e. The Bertz CT molecular complexity index is 505. The van der Waals surface area contributed by atoms with E-state index in [0.717, 1.165) is 26.2 Å². The van der Waals surface area contributed by atoms with Crippen LogP contribution in [0, 0.1) is 0 Å². The number of piperazine rings is 1. The minimum absolute atomic E-state index is 0.329. The number of nitrogens with zero attached hydrogens (tertiary/aromatic N) is 2. The van der Waals surface area contributed by atoms with E-state index in [-0.39, 0.29) is 0 Å². The summed E-state index contributed by atoms with van der Waals surface area (Å²) in [6.45, 7) is 4.18. The van der Waals surface area contributed by atoms with Crippen molar-refractivity contribution in [3.63, 3.8) is 0 Å². The number of anilines is 1. The molecule has 1 aromatic heterocycles. The van der Waals surface area contributed by atoms with Crippen LogP contribution in [0.4, 0.5) is 5.69 Å². The first-order chi connectivity index (χ1) is 9.31. The molecule has 5 heteroatoms. The van der Waals surface area contributed by atoms with Gasteiger partial charge in [-0.15, -0.1) is 11.3 Å². The summed E-state index contributed by atoms with van der Waals surface area (Å²) in [5.41, 5.74) is 1.19. The Kier molecular flexibility index (Phi) is 3.96. The minimum Gasteiger partial charge on any atom is -0.508 e. The maximum Gasteiger partial charge on any atom is 0.115 e. The highest BCUT2D eigenvalue weighted by molar-refractivity contribution is 7.98. The standard InChI is InChI=1S/C14H16N2OS2/c17-13-5-3-12(4-6-13)15-7-9-16(10-8-15)19-14-2-1-11-18-14/h1-6,11,17H,7-10H2. The van der Waals surface area contributed by atoms with Crippen LogP contribution in [-0.4, -0.2) is 35.6 Å². The van der Waals surface area contributed by atoms with Crippen molar-refractivity contribution in [2.75, 3.05) is 31.1 Å². The van der Waals surface area contributed by atoms with Crippen LogP contribution in [0.3, 0.4) is 0 Å². The predicted octanol–water partition coefficient (Wildman–Crippen LogP) is 3.28. The molecule has 0 aliphatic carbocycles. The summed E-state index contributed by atoms with van der Waals surface area (Å²) in [7, 11) is 0. The maximum atomic E-state index is 9.31. The zero-order chi connectivity index (χ0) is 13.1. The van der Waals surface area contributed by atoms with Crippen LogP contribution in [-0.2, 0) is 0 Å². The highest BCUT2D eigenvalue weighted by atomic mass is 32.2. The summed E-state index contributed by atoms with van der Waals surface area (Å²) in [6, 6.07) is 11.7. The number of rotatable bonds is 3. The van der Waals surface area contributed by atoms with Gasteiger partial charge >= 0.3 is 0 Å². The number of aromatic hydroxyl groups is 1. The van der Waals surface area contributed by atoms with Gasteiger partial charge in [0.25, 0.3) is 0 Å². The molecule has 0 spiro atoms. The number of hydrogen-bond acceptors (Lipinski definition) is 5. The van der Waals surface area contributed by atoms with Gasteiger partial charge in [-0.25, -0.2) is 4.31 Å². The van der Waals surface area contributed by atoms with Gasteiger partial charge in [0.05, 0.1) is 4.21 Å². The molecule has 1 aliphatic rings. The fraction of sp³-hybridized carbons (Fsp3) is 0.286. The van der Waals surface area contributed by atoms with Crippen LogP contribution in [0.25, 0.3) is 0 Å². The van der Waals surface area contributed by atoms with Gasteiger partial charge in [-0.05, 0) is 47.7 Å². The second-order valence-electron chi connectivity index (χ2n) is 4.46. The summed E-state index contributed by atoms with van der Waals surface area (Å²) in [5, 5.41) is 11.4. The lowest BCUT2D eigenvalue weighted by Crippen LogP contribution is -2.43. The zero-order valence-electron chi connectivity index (χ0n) is 10.5. The van der Waals surface area contributed by atoms with Crippen molar-refractivity contribution in [3.05, 3.63) is 41.8 Å². The molecule has 0 radical (unpaired) electrons. The van der Waals surface area contributed by atoms with Crippen molar-refractivity contribution in [3.8, 4) is 5.75 Å². The van der Waals surface area contributed by atoms with Gasteiger partial charge in [0.1, 0.15) is 5.75 Å². The number of benzene rings is 1. The van der Waals surface area contributed by atoms with Crippen molar-refractivity contribution in [1.82, 2.24) is 4.31 Å². The van der Waals surface area contributed by atoms with Gasteiger partial charge < -0.3 is 10.0 Å². The molecule has 1 aliphatic heterocycles. The molecular formula is C14H16N2OS2. The number of phenols is 1. The van der Waals surface area contributed by atoms with Crippen LogP contribution in [0.15, 0.2) is 46.0 Å². The Labute approximate surface area is 121 Å². The highest BCUT2D eigenvalue weighted by Crippen LogP contribution is 2.29. The van der Waals surface area contributed by atoms with E-state index in [4.69, 9.17) is 0 Å². The SMILES string of the molecule is Oc1ccc(N2CCN(Sc3cccs3)CC2)cc1. The lowest BCUT2D eigenvalue weighted by molar-refractivity contribution is 0.430. The molecule has 100 valence electrons. The Morgan fingerprint density at radius 2 is 1.74 bits per heavy atom. The number of hydrogen-bond donors (Lipinski definition) is 1. The molecule has 1 fully saturated rings. The Morgan fingerprint density at radius 1 is 1.00 bits per heavy atom. The number of thiophene rings is 1. The molecule has 0 amide bonds. The molecule has 1 saturated heterocycles. The molecule has 3 nitrogen and oxygen atoms in total. The van der Waals surface area contributed by atoms with Crippen LogP contribution in [0.1, 0.15) is 0 Å². The monoisotopic (exact) mass is 292 g/mol. The molecule has 3 rings (SSSR count). The van der Waals surface area contributed by atoms with Crippen LogP contribution in [0.5, 0.6) is 5.75 Å². The summed E-state index contributed by atoms with van der Waals surface area (Å²) in [5.74, 6) is 0.329. The van der Waals surface area contributed by atoms with E-state index in [1.54, 1.807) is 23.5 Å². The first-order valence-corrected chi connectivity index (χ1v) is 7.97. The van der Waals surface area contributed by atoms with Crippen molar-refractivity contribution >= 4 is 29.0 Å². The first-order valence-electron chi connectivity index (χ1n) is 6.32. The molecule has 2 heterocycles. The average molecular weight is 292 g/mol. The van der Waals surface area contributed by atoms with Crippen molar-refractivity contribution in [2.45, 2.75) is 4.21 Å². The average Bonchev–Trinajstić information content (AvgIpc) is 2.94. The molecular weight excluding hydrogens is 276 g/mol. The van der Waals surface area contributed by atoms with E-state index in [0.29, 0.717) is 5.75 Å². The van der Waals surface area contributed by atoms with E-state index < -0.39 is 0 Å². The van der Waals surface area contributed by atoms with Crippen LogP contribution >= 0.6 is 23.3 Å². The van der Waals surface area contributed by atoms with Gasteiger partial charge in [-0.3, -0.25) is 0 Å². The third-order valence-electron chi connectivity index (χ3n) is 3.17. The lowest BCUT2D eigenvalue weighted by atomic mass is 10.2. The summed E-state index contributed by atoms with van der Waals surface area (Å²) < 4.78 is 3.78. The second-order valence-corrected chi connectivity index (χ2v) is 6.80. The molecule has 0 saturated carbocycles. The van der Waals surface area contributed by atoms with Crippen LogP contribution < -0.4 is 4.90 Å². The molecule has 1 aromatic carbocycles. The Morgan fingerprint density at radius 3 is 2.37 bits per heavy atom. The Hall–Kier alpha value is -1.17. The number of phenolic OH excluding ortho intramolecular Hbond substituents is 1. The zero-order valence-corrected chi connectivity index (χ0v) is 12.2. The largest absolute Gasteiger partial charge is 0.508 e. The fourth-order valence-corrected chi connectivity index (χ4v) is 3.99. The summed E-state index contributed by atoms with van der Waals surface area (Å²) in [4.78, 5) is 2.37. The van der Waals surface area contributed by atoms with Gasteiger partial charge in [0, 0.05) is 31.9 Å². The molecule has 1 N–H and O–H groups in total. The molecule has 0 unspecified atom stereocenters. The van der Waals surface area contributed by atoms with Crippen LogP contribution in [0.2, 0.25) is 0 Å². The van der Waals surface area contributed by atoms with E-state index in [2.05, 4.69) is 26.7 Å². The maximum absolute atomic E-state index is 9.31. The van der Waals surface area contributed by atoms with E-state index >= 15 is 0 Å². The predicted molar refractivity (Wildman–Crippen MR) is 82.1 cm³/mol. The minimum atomic E-state index is 0.329. The second kappa shape index (κ2) is 5.86. The van der Waals surface area contributed by atoms with Gasteiger partial charge in [0.15, 0.2) is 0 Å². The lowest BCUT2D eigenvalue weighted by Gasteiger charge is -2.35. The molecule has 0 bridgehead atoms. The van der Waals surface area contributed by atoms with E-state index in [1.165, 1.54) is 9.90 Å². The van der Waals surface area contributed by atoms with Crippen molar-refractivity contribution in [2.24, 2.45) is 0 Å². The van der Waals surface area contributed by atoms with Gasteiger partial charge in [0.2, 0.25) is 0 Å². The molecule has 0 atom stereocenters. The van der Waals surface area contributed by atoms with E-state index in [9.17, 15) is 5.11 Å². The summed E-state index contributed by atoms with van der Waals surface area (Å²) in [6.07, 6.45) is 0. The fourth-order valence-electron chi connectivity index (χ4n) is 2.14. The van der Waals surface area contributed by atoms with Crippen molar-refractivity contribution < 1.29 is 5.11 Å². The first kappa shape index (κ1) is 12.8. The quantitative estimate of drug-likeness (QED) is 0.878. The molecule has 19 heavy (non-hydrogen) atoms. The molecule has 2 aromatic rings. The topological polar surface area (TPSA) is 26.7 Å². The Balaban J connectivity index is 1.56. The third-order valence-corrected chi connectivity index (χ3v) is 5.28. The van der Waals surface area contributed by atoms with E-state index in [1.807, 2.05) is 24.1 Å². The van der Waals surface area contributed by atoms with Crippen molar-refractivity contribution in [1.29, 1.82) is 0 Å². The third kappa shape index (κ3) is 3.23. The van der Waals surface area contributed by atoms with Gasteiger partial charge in [-0.2, -0.15) is 0 Å². The highest BCUT2D eigenvalue weighted by Gasteiger charge is 2.18.